The highest BCUT2D eigenvalue weighted by Gasteiger charge is 2.44. The Morgan fingerprint density at radius 2 is 2.17 bits per heavy atom. The van der Waals surface area contributed by atoms with Crippen LogP contribution in [-0.2, 0) is 12.5 Å². The number of aromatic amines is 1. The van der Waals surface area contributed by atoms with Crippen LogP contribution >= 0.6 is 0 Å². The van der Waals surface area contributed by atoms with E-state index in [0.29, 0.717) is 17.0 Å². The van der Waals surface area contributed by atoms with Crippen molar-refractivity contribution in [2.24, 2.45) is 7.05 Å². The number of benzene rings is 1. The predicted octanol–water partition coefficient (Wildman–Crippen LogP) is 1.23. The van der Waals surface area contributed by atoms with Crippen LogP contribution in [0.5, 0.6) is 0 Å². The van der Waals surface area contributed by atoms with E-state index in [1.807, 2.05) is 0 Å². The zero-order valence-electron chi connectivity index (χ0n) is 13.4. The maximum Gasteiger partial charge on any atom is 0.263 e. The van der Waals surface area contributed by atoms with Gasteiger partial charge in [-0.05, 0) is 18.1 Å². The van der Waals surface area contributed by atoms with Crippen LogP contribution in [0.15, 0.2) is 35.3 Å². The highest BCUT2D eigenvalue weighted by atomic mass is 16.1. The monoisotopic (exact) mass is 322 g/mol. The molecule has 1 unspecified atom stereocenters. The molecule has 0 bridgehead atoms. The summed E-state index contributed by atoms with van der Waals surface area (Å²) >= 11 is 0. The third-order valence-electron chi connectivity index (χ3n) is 5.36. The number of hydrogen-bond donors (Lipinski definition) is 2. The van der Waals surface area contributed by atoms with Gasteiger partial charge in [0.25, 0.3) is 5.56 Å². The number of aryl methyl sites for hydroxylation is 1. The van der Waals surface area contributed by atoms with E-state index in [0.717, 1.165) is 26.1 Å². The van der Waals surface area contributed by atoms with Crippen LogP contribution in [0.1, 0.15) is 12.0 Å². The number of aromatic nitrogens is 4. The van der Waals surface area contributed by atoms with Gasteiger partial charge in [-0.15, -0.1) is 0 Å². The van der Waals surface area contributed by atoms with E-state index in [-0.39, 0.29) is 11.0 Å². The molecule has 1 aromatic carbocycles. The first-order valence-electron chi connectivity index (χ1n) is 8.17. The second-order valence-corrected chi connectivity index (χ2v) is 6.75. The molecule has 4 heterocycles. The Kier molecular flexibility index (Phi) is 2.60. The Labute approximate surface area is 138 Å². The van der Waals surface area contributed by atoms with Crippen molar-refractivity contribution in [2.45, 2.75) is 11.8 Å². The fourth-order valence-corrected chi connectivity index (χ4v) is 4.05. The lowest BCUT2D eigenvalue weighted by atomic mass is 9.82. The van der Waals surface area contributed by atoms with Crippen LogP contribution in [0, 0.1) is 0 Å². The molecule has 0 saturated carbocycles. The second-order valence-electron chi connectivity index (χ2n) is 6.75. The average Bonchev–Trinajstić information content (AvgIpc) is 3.28. The van der Waals surface area contributed by atoms with Gasteiger partial charge in [-0.3, -0.25) is 14.5 Å². The van der Waals surface area contributed by atoms with E-state index in [2.05, 4.69) is 49.5 Å². The number of rotatable bonds is 1. The maximum atomic E-state index is 12.3. The molecule has 3 aromatic rings. The summed E-state index contributed by atoms with van der Waals surface area (Å²) < 4.78 is 1.65. The molecule has 1 fully saturated rings. The topological polar surface area (TPSA) is 78.8 Å². The van der Waals surface area contributed by atoms with Gasteiger partial charge < -0.3 is 10.2 Å². The fraction of sp³-hybridized carbons (Fsp3) is 0.353. The number of nitrogens with one attached hydrogen (secondary N) is 2. The minimum Gasteiger partial charge on any atom is -0.384 e. The summed E-state index contributed by atoms with van der Waals surface area (Å²) in [6.45, 7) is 2.66. The maximum absolute atomic E-state index is 12.3. The van der Waals surface area contributed by atoms with Crippen LogP contribution in [0.2, 0.25) is 0 Å². The molecule has 122 valence electrons. The standard InChI is InChI=1S/C17H18N6O/c1-22-14-11(8-19-22)15(24)21-16(20-14)23-7-6-17(10-23)9-18-13-5-3-2-4-12(13)17/h2-5,8,18H,6-7,9-10H2,1H3,(H,20,21,24). The van der Waals surface area contributed by atoms with Crippen LogP contribution in [-0.4, -0.2) is 39.4 Å². The van der Waals surface area contributed by atoms with Crippen molar-refractivity contribution in [2.75, 3.05) is 29.9 Å². The lowest BCUT2D eigenvalue weighted by Crippen LogP contribution is -2.34. The molecule has 2 N–H and O–H groups in total. The van der Waals surface area contributed by atoms with Crippen LogP contribution < -0.4 is 15.8 Å². The molecular weight excluding hydrogens is 304 g/mol. The number of fused-ring (bicyclic) bond motifs is 3. The Morgan fingerprint density at radius 1 is 1.29 bits per heavy atom. The summed E-state index contributed by atoms with van der Waals surface area (Å²) in [5.41, 5.74) is 3.18. The number of anilines is 2. The number of H-pyrrole nitrogens is 1. The molecule has 2 aliphatic heterocycles. The first-order chi connectivity index (χ1) is 11.7. The molecule has 1 atom stereocenters. The van der Waals surface area contributed by atoms with Gasteiger partial charge in [-0.1, -0.05) is 18.2 Å². The first-order valence-corrected chi connectivity index (χ1v) is 8.17. The molecule has 0 amide bonds. The van der Waals surface area contributed by atoms with Gasteiger partial charge in [-0.2, -0.15) is 10.1 Å². The highest BCUT2D eigenvalue weighted by Crippen LogP contribution is 2.43. The van der Waals surface area contributed by atoms with Crippen molar-refractivity contribution < 1.29 is 0 Å². The van der Waals surface area contributed by atoms with Crippen molar-refractivity contribution in [1.29, 1.82) is 0 Å². The normalized spacial score (nSPS) is 22.3. The highest BCUT2D eigenvalue weighted by molar-refractivity contribution is 5.74. The average molecular weight is 322 g/mol. The summed E-state index contributed by atoms with van der Waals surface area (Å²) in [6, 6.07) is 8.50. The molecule has 2 aliphatic rings. The zero-order chi connectivity index (χ0) is 16.3. The molecule has 2 aromatic heterocycles. The third-order valence-corrected chi connectivity index (χ3v) is 5.36. The molecule has 0 aliphatic carbocycles. The lowest BCUT2D eigenvalue weighted by Gasteiger charge is -2.24. The summed E-state index contributed by atoms with van der Waals surface area (Å²) in [4.78, 5) is 22.0. The Balaban J connectivity index is 1.54. The summed E-state index contributed by atoms with van der Waals surface area (Å²) in [5, 5.41) is 8.18. The van der Waals surface area contributed by atoms with Crippen LogP contribution in [0.25, 0.3) is 11.0 Å². The smallest absolute Gasteiger partial charge is 0.263 e. The number of hydrogen-bond acceptors (Lipinski definition) is 5. The van der Waals surface area contributed by atoms with Crippen molar-refractivity contribution in [3.05, 3.63) is 46.4 Å². The van der Waals surface area contributed by atoms with E-state index < -0.39 is 0 Å². The number of nitrogens with zero attached hydrogens (tertiary/aromatic N) is 4. The van der Waals surface area contributed by atoms with Gasteiger partial charge in [0.15, 0.2) is 5.65 Å². The van der Waals surface area contributed by atoms with Gasteiger partial charge in [0.2, 0.25) is 5.95 Å². The second kappa shape index (κ2) is 4.59. The Hall–Kier alpha value is -2.83. The lowest BCUT2D eigenvalue weighted by molar-refractivity contribution is 0.527. The molecule has 7 nitrogen and oxygen atoms in total. The molecule has 5 rings (SSSR count). The molecule has 7 heteroatoms. The van der Waals surface area contributed by atoms with Gasteiger partial charge in [0.1, 0.15) is 5.39 Å². The predicted molar refractivity (Wildman–Crippen MR) is 92.6 cm³/mol. The minimum atomic E-state index is -0.131. The quantitative estimate of drug-likeness (QED) is 0.704. The summed E-state index contributed by atoms with van der Waals surface area (Å²) in [6.07, 6.45) is 2.61. The van der Waals surface area contributed by atoms with Crippen LogP contribution in [0.3, 0.4) is 0 Å². The van der Waals surface area contributed by atoms with E-state index >= 15 is 0 Å². The van der Waals surface area contributed by atoms with Crippen molar-refractivity contribution >= 4 is 22.7 Å². The fourth-order valence-electron chi connectivity index (χ4n) is 4.05. The largest absolute Gasteiger partial charge is 0.384 e. The zero-order valence-corrected chi connectivity index (χ0v) is 13.4. The van der Waals surface area contributed by atoms with Crippen molar-refractivity contribution in [1.82, 2.24) is 19.7 Å². The van der Waals surface area contributed by atoms with Crippen molar-refractivity contribution in [3.63, 3.8) is 0 Å². The molecule has 24 heavy (non-hydrogen) atoms. The minimum absolute atomic E-state index is 0.0938. The Bertz CT molecular complexity index is 1010. The van der Waals surface area contributed by atoms with Gasteiger partial charge >= 0.3 is 0 Å². The van der Waals surface area contributed by atoms with Gasteiger partial charge in [0, 0.05) is 37.8 Å². The summed E-state index contributed by atoms with van der Waals surface area (Å²) in [5.74, 6) is 0.636. The van der Waals surface area contributed by atoms with Gasteiger partial charge in [-0.25, -0.2) is 0 Å². The molecule has 0 radical (unpaired) electrons. The van der Waals surface area contributed by atoms with E-state index in [1.165, 1.54) is 11.3 Å². The van der Waals surface area contributed by atoms with Crippen molar-refractivity contribution in [3.8, 4) is 0 Å². The van der Waals surface area contributed by atoms with Crippen LogP contribution in [0.4, 0.5) is 11.6 Å². The SMILES string of the molecule is Cn1ncc2c(=O)[nH]c(N3CCC4(CNc5ccccc54)C3)nc21. The first kappa shape index (κ1) is 13.6. The van der Waals surface area contributed by atoms with E-state index in [9.17, 15) is 4.79 Å². The van der Waals surface area contributed by atoms with Gasteiger partial charge in [0.05, 0.1) is 6.20 Å². The third kappa shape index (κ3) is 1.75. The molecule has 1 saturated heterocycles. The molecule has 1 spiro atoms. The van der Waals surface area contributed by atoms with E-state index in [1.54, 1.807) is 17.9 Å². The number of para-hydroxylation sites is 1. The summed E-state index contributed by atoms with van der Waals surface area (Å²) in [7, 11) is 1.81. The van der Waals surface area contributed by atoms with E-state index in [4.69, 9.17) is 0 Å². The molecular formula is C17H18N6O. The Morgan fingerprint density at radius 3 is 3.08 bits per heavy atom.